The van der Waals surface area contributed by atoms with Crippen LogP contribution in [-0.4, -0.2) is 49.4 Å². The Hall–Kier alpha value is -2.54. The summed E-state index contributed by atoms with van der Waals surface area (Å²) in [6, 6.07) is 30.9. The van der Waals surface area contributed by atoms with E-state index in [2.05, 4.69) is 41.3 Å². The number of benzene rings is 3. The summed E-state index contributed by atoms with van der Waals surface area (Å²) in [5.74, 6) is 0. The molecule has 3 atom stereocenters. The van der Waals surface area contributed by atoms with Crippen molar-refractivity contribution in [2.24, 2.45) is 5.73 Å². The zero-order valence-electron chi connectivity index (χ0n) is 19.1. The van der Waals surface area contributed by atoms with Gasteiger partial charge in [-0.1, -0.05) is 91.0 Å². The molecule has 0 bridgehead atoms. The Morgan fingerprint density at radius 1 is 0.697 bits per heavy atom. The summed E-state index contributed by atoms with van der Waals surface area (Å²) >= 11 is 0. The summed E-state index contributed by atoms with van der Waals surface area (Å²) in [6.45, 7) is 4.41. The Morgan fingerprint density at radius 3 is 1.76 bits per heavy atom. The zero-order chi connectivity index (χ0) is 22.7. The second-order valence-electron chi connectivity index (χ2n) is 8.45. The zero-order valence-corrected chi connectivity index (χ0v) is 19.1. The van der Waals surface area contributed by atoms with E-state index in [1.54, 1.807) is 0 Å². The molecule has 4 rings (SSSR count). The van der Waals surface area contributed by atoms with Gasteiger partial charge in [-0.05, 0) is 16.7 Å². The number of rotatable bonds is 12. The van der Waals surface area contributed by atoms with Crippen molar-refractivity contribution in [2.75, 3.05) is 26.2 Å². The normalized spacial score (nSPS) is 20.8. The lowest BCUT2D eigenvalue weighted by molar-refractivity contribution is -0.0816. The van der Waals surface area contributed by atoms with Gasteiger partial charge in [-0.25, -0.2) is 0 Å². The van der Waals surface area contributed by atoms with Gasteiger partial charge in [-0.3, -0.25) is 4.90 Å². The van der Waals surface area contributed by atoms with Crippen molar-refractivity contribution in [3.05, 3.63) is 108 Å². The van der Waals surface area contributed by atoms with E-state index >= 15 is 0 Å². The van der Waals surface area contributed by atoms with Crippen molar-refractivity contribution < 1.29 is 14.2 Å². The molecule has 1 fully saturated rings. The molecule has 3 aromatic rings. The molecule has 1 saturated heterocycles. The molecule has 5 nitrogen and oxygen atoms in total. The molecule has 174 valence electrons. The first-order valence-electron chi connectivity index (χ1n) is 11.7. The van der Waals surface area contributed by atoms with Crippen LogP contribution >= 0.6 is 0 Å². The van der Waals surface area contributed by atoms with Crippen molar-refractivity contribution in [3.63, 3.8) is 0 Å². The van der Waals surface area contributed by atoms with Gasteiger partial charge >= 0.3 is 0 Å². The van der Waals surface area contributed by atoms with E-state index in [1.807, 2.05) is 54.6 Å². The minimum absolute atomic E-state index is 0.0502. The van der Waals surface area contributed by atoms with E-state index in [0.29, 0.717) is 33.0 Å². The fraction of sp³-hybridized carbons (Fsp3) is 0.357. The largest absolute Gasteiger partial charge is 0.375 e. The van der Waals surface area contributed by atoms with Gasteiger partial charge in [-0.15, -0.1) is 0 Å². The summed E-state index contributed by atoms with van der Waals surface area (Å²) in [4.78, 5) is 2.36. The second kappa shape index (κ2) is 12.6. The Balaban J connectivity index is 1.44. The van der Waals surface area contributed by atoms with Crippen molar-refractivity contribution in [2.45, 2.75) is 38.1 Å². The standard InChI is InChI=1S/C28H34N2O3/c29-16-17-30-18-27(32-20-24-12-6-2-7-13-24)28(33-21-25-14-8-3-9-15-25)26(30)22-31-19-23-10-4-1-5-11-23/h1-15,26-28H,16-22,29H2/t26?,27-,28-/m1/s1. The Morgan fingerprint density at radius 2 is 1.21 bits per heavy atom. The number of nitrogens with two attached hydrogens (primary N) is 1. The highest BCUT2D eigenvalue weighted by atomic mass is 16.5. The Kier molecular flexibility index (Phi) is 9.04. The predicted molar refractivity (Wildman–Crippen MR) is 131 cm³/mol. The van der Waals surface area contributed by atoms with Crippen LogP contribution in [0.3, 0.4) is 0 Å². The maximum Gasteiger partial charge on any atom is 0.103 e. The highest BCUT2D eigenvalue weighted by Gasteiger charge is 2.43. The van der Waals surface area contributed by atoms with Gasteiger partial charge in [-0.2, -0.15) is 0 Å². The van der Waals surface area contributed by atoms with E-state index < -0.39 is 0 Å². The number of hydrogen-bond acceptors (Lipinski definition) is 5. The highest BCUT2D eigenvalue weighted by Crippen LogP contribution is 2.26. The van der Waals surface area contributed by atoms with Gasteiger partial charge in [0, 0.05) is 19.6 Å². The molecular weight excluding hydrogens is 412 g/mol. The van der Waals surface area contributed by atoms with Crippen molar-refractivity contribution in [3.8, 4) is 0 Å². The van der Waals surface area contributed by atoms with E-state index in [9.17, 15) is 0 Å². The van der Waals surface area contributed by atoms with Gasteiger partial charge in [0.2, 0.25) is 0 Å². The maximum atomic E-state index is 6.49. The molecule has 33 heavy (non-hydrogen) atoms. The fourth-order valence-electron chi connectivity index (χ4n) is 4.33. The molecule has 0 aliphatic carbocycles. The van der Waals surface area contributed by atoms with Crippen LogP contribution in [0.2, 0.25) is 0 Å². The average molecular weight is 447 g/mol. The van der Waals surface area contributed by atoms with Crippen LogP contribution in [0.5, 0.6) is 0 Å². The van der Waals surface area contributed by atoms with E-state index in [4.69, 9.17) is 19.9 Å². The van der Waals surface area contributed by atoms with Crippen LogP contribution in [-0.2, 0) is 34.0 Å². The number of likely N-dealkylation sites (tertiary alicyclic amines) is 1. The quantitative estimate of drug-likeness (QED) is 0.455. The van der Waals surface area contributed by atoms with Crippen LogP contribution in [0.4, 0.5) is 0 Å². The SMILES string of the molecule is NCCN1C[C@@H](OCc2ccccc2)[C@H](OCc2ccccc2)C1COCc1ccccc1. The molecule has 1 aliphatic rings. The first kappa shape index (κ1) is 23.6. The molecule has 0 amide bonds. The molecule has 0 radical (unpaired) electrons. The minimum Gasteiger partial charge on any atom is -0.375 e. The Bertz CT molecular complexity index is 924. The maximum absolute atomic E-state index is 6.49. The fourth-order valence-corrected chi connectivity index (χ4v) is 4.33. The summed E-state index contributed by atoms with van der Waals surface area (Å²) < 4.78 is 19.0. The van der Waals surface area contributed by atoms with E-state index in [-0.39, 0.29) is 18.2 Å². The molecule has 1 aliphatic heterocycles. The molecule has 0 saturated carbocycles. The molecule has 2 N–H and O–H groups in total. The van der Waals surface area contributed by atoms with Crippen LogP contribution in [0.1, 0.15) is 16.7 Å². The predicted octanol–water partition coefficient (Wildman–Crippen LogP) is 4.02. The monoisotopic (exact) mass is 446 g/mol. The van der Waals surface area contributed by atoms with Gasteiger partial charge in [0.15, 0.2) is 0 Å². The number of ether oxygens (including phenoxy) is 3. The third-order valence-corrected chi connectivity index (χ3v) is 6.04. The smallest absolute Gasteiger partial charge is 0.103 e. The summed E-state index contributed by atoms with van der Waals surface area (Å²) in [5.41, 5.74) is 9.43. The van der Waals surface area contributed by atoms with Crippen molar-refractivity contribution in [1.29, 1.82) is 0 Å². The average Bonchev–Trinajstić information content (AvgIpc) is 3.19. The molecule has 0 spiro atoms. The molecule has 1 heterocycles. The first-order valence-corrected chi connectivity index (χ1v) is 11.7. The minimum atomic E-state index is -0.101. The molecular formula is C28H34N2O3. The van der Waals surface area contributed by atoms with Gasteiger partial charge in [0.05, 0.1) is 38.6 Å². The lowest BCUT2D eigenvalue weighted by atomic mass is 10.1. The summed E-state index contributed by atoms with van der Waals surface area (Å²) in [7, 11) is 0. The summed E-state index contributed by atoms with van der Waals surface area (Å²) in [5, 5.41) is 0. The number of nitrogens with zero attached hydrogens (tertiary/aromatic N) is 1. The summed E-state index contributed by atoms with van der Waals surface area (Å²) in [6.07, 6.45) is -0.151. The van der Waals surface area contributed by atoms with Crippen LogP contribution < -0.4 is 5.73 Å². The molecule has 0 aromatic heterocycles. The Labute approximate surface area is 197 Å². The van der Waals surface area contributed by atoms with Crippen molar-refractivity contribution >= 4 is 0 Å². The second-order valence-corrected chi connectivity index (χ2v) is 8.45. The third kappa shape index (κ3) is 6.97. The lowest BCUT2D eigenvalue weighted by Crippen LogP contribution is -2.43. The van der Waals surface area contributed by atoms with Crippen LogP contribution in [0, 0.1) is 0 Å². The van der Waals surface area contributed by atoms with Crippen LogP contribution in [0.15, 0.2) is 91.0 Å². The molecule has 3 aromatic carbocycles. The topological polar surface area (TPSA) is 57.0 Å². The third-order valence-electron chi connectivity index (χ3n) is 6.04. The van der Waals surface area contributed by atoms with Gasteiger partial charge in [0.25, 0.3) is 0 Å². The molecule has 1 unspecified atom stereocenters. The lowest BCUT2D eigenvalue weighted by Gasteiger charge is -2.28. The number of hydrogen-bond donors (Lipinski definition) is 1. The van der Waals surface area contributed by atoms with Gasteiger partial charge in [0.1, 0.15) is 6.10 Å². The van der Waals surface area contributed by atoms with Gasteiger partial charge < -0.3 is 19.9 Å². The molecule has 5 heteroatoms. The highest BCUT2D eigenvalue weighted by molar-refractivity contribution is 5.15. The first-order chi connectivity index (χ1) is 16.3. The van der Waals surface area contributed by atoms with Crippen LogP contribution in [0.25, 0.3) is 0 Å². The van der Waals surface area contributed by atoms with E-state index in [1.165, 1.54) is 5.56 Å². The van der Waals surface area contributed by atoms with E-state index in [0.717, 1.165) is 24.2 Å². The van der Waals surface area contributed by atoms with Crippen molar-refractivity contribution in [1.82, 2.24) is 4.90 Å².